The molecule has 3 aliphatic carbocycles. The number of carbonyl (C=O) groups excluding carboxylic acids is 2. The summed E-state index contributed by atoms with van der Waals surface area (Å²) < 4.78 is 6.18. The maximum atomic E-state index is 13.6. The molecule has 5 rings (SSSR count). The lowest BCUT2D eigenvalue weighted by molar-refractivity contribution is -0.132. The molecule has 4 unspecified atom stereocenters. The van der Waals surface area contributed by atoms with E-state index in [-0.39, 0.29) is 17.1 Å². The van der Waals surface area contributed by atoms with Crippen molar-refractivity contribution in [2.24, 2.45) is 29.1 Å². The second kappa shape index (κ2) is 9.91. The molecule has 0 bridgehead atoms. The van der Waals surface area contributed by atoms with Crippen LogP contribution in [0.5, 0.6) is 5.75 Å². The summed E-state index contributed by atoms with van der Waals surface area (Å²) in [5.74, 6) is 3.87. The number of benzene rings is 2. The predicted molar refractivity (Wildman–Crippen MR) is 139 cm³/mol. The van der Waals surface area contributed by atoms with Crippen molar-refractivity contribution < 1.29 is 14.3 Å². The topological polar surface area (TPSA) is 43.4 Å². The minimum atomic E-state index is -0.204. The predicted octanol–water partition coefficient (Wildman–Crippen LogP) is 7.31. The summed E-state index contributed by atoms with van der Waals surface area (Å²) in [7, 11) is 0. The Balaban J connectivity index is 1.40. The third-order valence-electron chi connectivity index (χ3n) is 9.49. The highest BCUT2D eigenvalue weighted by Gasteiger charge is 2.59. The van der Waals surface area contributed by atoms with Gasteiger partial charge in [0.15, 0.2) is 0 Å². The van der Waals surface area contributed by atoms with Crippen LogP contribution in [0.3, 0.4) is 0 Å². The Morgan fingerprint density at radius 3 is 2.66 bits per heavy atom. The molecule has 2 fully saturated rings. The first-order valence-electron chi connectivity index (χ1n) is 13.7. The van der Waals surface area contributed by atoms with Gasteiger partial charge in [0.05, 0.1) is 0 Å². The summed E-state index contributed by atoms with van der Waals surface area (Å²) in [6.07, 6.45) is 7.84. The van der Waals surface area contributed by atoms with Gasteiger partial charge in [-0.25, -0.2) is 0 Å². The molecule has 186 valence electrons. The second-order valence-corrected chi connectivity index (χ2v) is 11.7. The van der Waals surface area contributed by atoms with Gasteiger partial charge in [0.2, 0.25) is 0 Å². The van der Waals surface area contributed by atoms with Gasteiger partial charge in [-0.05, 0) is 91.5 Å². The third-order valence-corrected chi connectivity index (χ3v) is 9.49. The van der Waals surface area contributed by atoms with Crippen LogP contribution in [-0.4, -0.2) is 11.6 Å². The van der Waals surface area contributed by atoms with Crippen LogP contribution < -0.4 is 4.74 Å². The summed E-state index contributed by atoms with van der Waals surface area (Å²) in [5.41, 5.74) is 3.93. The Hall–Kier alpha value is -2.42. The molecule has 6 atom stereocenters. The zero-order chi connectivity index (χ0) is 24.6. The molecule has 0 N–H and O–H groups in total. The van der Waals surface area contributed by atoms with Crippen molar-refractivity contribution in [1.29, 1.82) is 0 Å². The van der Waals surface area contributed by atoms with Crippen molar-refractivity contribution in [1.82, 2.24) is 0 Å². The van der Waals surface area contributed by atoms with Gasteiger partial charge >= 0.3 is 0 Å². The van der Waals surface area contributed by atoms with E-state index in [4.69, 9.17) is 4.74 Å². The molecule has 3 heteroatoms. The highest BCUT2D eigenvalue weighted by molar-refractivity contribution is 5.90. The third kappa shape index (κ3) is 4.59. The first-order valence-corrected chi connectivity index (χ1v) is 13.7. The van der Waals surface area contributed by atoms with Gasteiger partial charge < -0.3 is 9.53 Å². The van der Waals surface area contributed by atoms with Crippen molar-refractivity contribution in [2.75, 3.05) is 0 Å². The van der Waals surface area contributed by atoms with Crippen molar-refractivity contribution >= 4 is 11.6 Å². The van der Waals surface area contributed by atoms with Crippen LogP contribution in [0.2, 0.25) is 0 Å². The Morgan fingerprint density at radius 2 is 1.91 bits per heavy atom. The molecule has 0 heterocycles. The Morgan fingerprint density at radius 1 is 1.11 bits per heavy atom. The van der Waals surface area contributed by atoms with Gasteiger partial charge in [0.25, 0.3) is 0 Å². The Bertz CT molecular complexity index is 1070. The van der Waals surface area contributed by atoms with Gasteiger partial charge in [-0.15, -0.1) is 0 Å². The molecule has 0 aromatic heterocycles. The van der Waals surface area contributed by atoms with Crippen molar-refractivity contribution in [3.63, 3.8) is 0 Å². The van der Waals surface area contributed by atoms with Crippen molar-refractivity contribution in [2.45, 2.75) is 84.7 Å². The number of Topliss-reactive ketones (excluding diaryl/α,β-unsaturated/α-hetero) is 2. The fraction of sp³-hybridized carbons (Fsp3) is 0.562. The van der Waals surface area contributed by atoms with E-state index in [2.05, 4.69) is 56.3 Å². The zero-order valence-corrected chi connectivity index (χ0v) is 21.6. The van der Waals surface area contributed by atoms with Crippen LogP contribution in [0, 0.1) is 29.1 Å². The van der Waals surface area contributed by atoms with E-state index in [1.54, 1.807) is 6.92 Å². The molecule has 0 amide bonds. The molecule has 0 spiro atoms. The largest absolute Gasteiger partial charge is 0.489 e. The smallest absolute Gasteiger partial charge is 0.142 e. The highest BCUT2D eigenvalue weighted by atomic mass is 16.5. The highest BCUT2D eigenvalue weighted by Crippen LogP contribution is 2.63. The molecular weight excluding hydrogens is 432 g/mol. The molecule has 35 heavy (non-hydrogen) atoms. The van der Waals surface area contributed by atoms with Crippen LogP contribution in [0.15, 0.2) is 48.5 Å². The molecule has 2 saturated carbocycles. The van der Waals surface area contributed by atoms with E-state index in [1.165, 1.54) is 29.5 Å². The summed E-state index contributed by atoms with van der Waals surface area (Å²) in [5, 5.41) is 0. The minimum absolute atomic E-state index is 0.0742. The van der Waals surface area contributed by atoms with Crippen LogP contribution >= 0.6 is 0 Å². The molecule has 3 aliphatic rings. The van der Waals surface area contributed by atoms with Gasteiger partial charge in [-0.3, -0.25) is 4.79 Å². The minimum Gasteiger partial charge on any atom is -0.489 e. The van der Waals surface area contributed by atoms with Crippen LogP contribution in [0.4, 0.5) is 0 Å². The number of hydrogen-bond donors (Lipinski definition) is 0. The van der Waals surface area contributed by atoms with Gasteiger partial charge in [-0.1, -0.05) is 63.1 Å². The normalized spacial score (nSPS) is 31.4. The number of ether oxygens (including phenoxy) is 1. The van der Waals surface area contributed by atoms with E-state index in [9.17, 15) is 9.59 Å². The van der Waals surface area contributed by atoms with E-state index >= 15 is 0 Å². The molecule has 3 nitrogen and oxygen atoms in total. The van der Waals surface area contributed by atoms with Gasteiger partial charge in [-0.2, -0.15) is 0 Å². The Kier molecular flexibility index (Phi) is 6.88. The lowest BCUT2D eigenvalue weighted by Crippen LogP contribution is -2.46. The Labute approximate surface area is 210 Å². The molecule has 2 aromatic rings. The molecule has 0 aliphatic heterocycles. The zero-order valence-electron chi connectivity index (χ0n) is 21.6. The van der Waals surface area contributed by atoms with Crippen molar-refractivity contribution in [3.05, 3.63) is 65.2 Å². The van der Waals surface area contributed by atoms with E-state index < -0.39 is 0 Å². The first kappa shape index (κ1) is 24.3. The summed E-state index contributed by atoms with van der Waals surface area (Å²) in [4.78, 5) is 25.2. The molecular formula is C32H40O3. The lowest BCUT2D eigenvalue weighted by atomic mass is 9.52. The average Bonchev–Trinajstić information content (AvgIpc) is 3.12. The number of hydrogen-bond acceptors (Lipinski definition) is 3. The number of fused-ring (bicyclic) bond motifs is 5. The van der Waals surface area contributed by atoms with Crippen LogP contribution in [0.25, 0.3) is 0 Å². The quantitative estimate of drug-likeness (QED) is 0.404. The lowest BCUT2D eigenvalue weighted by Gasteiger charge is -2.51. The molecule has 2 aromatic carbocycles. The molecule has 0 radical (unpaired) electrons. The number of ketones is 2. The number of rotatable bonds is 8. The van der Waals surface area contributed by atoms with Crippen LogP contribution in [0.1, 0.15) is 88.3 Å². The van der Waals surface area contributed by atoms with Crippen LogP contribution in [-0.2, 0) is 22.6 Å². The maximum Gasteiger partial charge on any atom is 0.142 e. The van der Waals surface area contributed by atoms with Gasteiger partial charge in [0.1, 0.15) is 23.9 Å². The SMILES string of the molecule is CCCC1Cc2cc(OCc3ccccc3)ccc2C2CC[C@]3(C)C(=O)[C@H](CCC(C)=O)CC3C12. The van der Waals surface area contributed by atoms with E-state index in [1.807, 2.05) is 6.07 Å². The maximum absolute atomic E-state index is 13.6. The van der Waals surface area contributed by atoms with E-state index in [0.717, 1.165) is 37.9 Å². The first-order chi connectivity index (χ1) is 16.9. The van der Waals surface area contributed by atoms with Crippen molar-refractivity contribution in [3.8, 4) is 5.75 Å². The molecule has 0 saturated heterocycles. The van der Waals surface area contributed by atoms with Gasteiger partial charge in [0, 0.05) is 17.8 Å². The standard InChI is InChI=1S/C32H40O3/c1-4-8-23-17-25-18-26(35-20-22-9-6-5-7-10-22)13-14-27(25)28-15-16-32(3)29(30(23)28)19-24(31(32)34)12-11-21(2)33/h5-7,9-10,13-14,18,23-24,28-30H,4,8,11-12,15-17,19-20H2,1-3H3/t23?,24-,28?,29?,30?,32+/m1/s1. The summed E-state index contributed by atoms with van der Waals surface area (Å²) in [6.45, 7) is 6.79. The average molecular weight is 473 g/mol. The number of carbonyl (C=O) groups is 2. The fourth-order valence-electron chi connectivity index (χ4n) is 7.82. The summed E-state index contributed by atoms with van der Waals surface area (Å²) in [6, 6.07) is 17.1. The van der Waals surface area contributed by atoms with E-state index in [0.29, 0.717) is 42.5 Å². The fourth-order valence-corrected chi connectivity index (χ4v) is 7.82. The second-order valence-electron chi connectivity index (χ2n) is 11.7. The summed E-state index contributed by atoms with van der Waals surface area (Å²) >= 11 is 0. The monoisotopic (exact) mass is 472 g/mol.